The van der Waals surface area contributed by atoms with Gasteiger partial charge in [-0.25, -0.2) is 4.39 Å². The van der Waals surface area contributed by atoms with Gasteiger partial charge in [-0.2, -0.15) is 0 Å². The highest BCUT2D eigenvalue weighted by atomic mass is 19.1. The van der Waals surface area contributed by atoms with Gasteiger partial charge in [0.2, 0.25) is 5.91 Å². The topological polar surface area (TPSA) is 75.4 Å². The van der Waals surface area contributed by atoms with Gasteiger partial charge < -0.3 is 16.2 Å². The van der Waals surface area contributed by atoms with Crippen LogP contribution in [0.25, 0.3) is 0 Å². The minimum atomic E-state index is -0.575. The molecule has 0 bridgehead atoms. The Kier molecular flexibility index (Phi) is 3.93. The highest BCUT2D eigenvalue weighted by Gasteiger charge is 2.29. The molecule has 0 aromatic heterocycles. The van der Waals surface area contributed by atoms with Crippen molar-refractivity contribution in [3.63, 3.8) is 0 Å². The van der Waals surface area contributed by atoms with Crippen molar-refractivity contribution >= 4 is 5.91 Å². The third-order valence-electron chi connectivity index (χ3n) is 3.17. The first-order valence-corrected chi connectivity index (χ1v) is 6.05. The lowest BCUT2D eigenvalue weighted by molar-refractivity contribution is 0.1000. The molecule has 5 heteroatoms. The summed E-state index contributed by atoms with van der Waals surface area (Å²) in [4.78, 5) is 11.0. The quantitative estimate of drug-likeness (QED) is 0.700. The van der Waals surface area contributed by atoms with E-state index in [0.29, 0.717) is 18.0 Å². The number of carbonyl (C=O) groups is 1. The Labute approximate surface area is 105 Å². The first-order chi connectivity index (χ1) is 8.58. The highest BCUT2D eigenvalue weighted by molar-refractivity contribution is 5.92. The molecule has 4 nitrogen and oxygen atoms in total. The van der Waals surface area contributed by atoms with Gasteiger partial charge in [-0.3, -0.25) is 4.79 Å². The Morgan fingerprint density at radius 3 is 2.89 bits per heavy atom. The number of carbonyl (C=O) groups excluding carboxylic acids is 1. The molecule has 4 N–H and O–H groups in total. The van der Waals surface area contributed by atoms with Crippen molar-refractivity contribution in [1.82, 2.24) is 5.32 Å². The lowest BCUT2D eigenvalue weighted by atomic mass is 10.1. The van der Waals surface area contributed by atoms with Crippen LogP contribution < -0.4 is 11.1 Å². The fraction of sp³-hybridized carbons (Fsp3) is 0.462. The number of hydrogen-bond donors (Lipinski definition) is 3. The van der Waals surface area contributed by atoms with Crippen LogP contribution >= 0.6 is 0 Å². The molecular weight excluding hydrogens is 235 g/mol. The highest BCUT2D eigenvalue weighted by Crippen LogP contribution is 2.32. The van der Waals surface area contributed by atoms with E-state index in [1.807, 2.05) is 0 Å². The van der Waals surface area contributed by atoms with E-state index in [4.69, 9.17) is 5.73 Å². The molecule has 2 rings (SSSR count). The molecule has 0 aliphatic heterocycles. The summed E-state index contributed by atoms with van der Waals surface area (Å²) in [6.07, 6.45) is 1.76. The standard InChI is InChI=1S/C13H17FN2O2/c14-11-4-3-9(13(15)18)5-10(11)6-16-7-12(17)8-1-2-8/h3-5,8,12,16-17H,1-2,6-7H2,(H2,15,18). The SMILES string of the molecule is NC(=O)c1ccc(F)c(CNCC(O)C2CC2)c1. The molecular formula is C13H17FN2O2. The van der Waals surface area contributed by atoms with Gasteiger partial charge in [0.25, 0.3) is 0 Å². The van der Waals surface area contributed by atoms with Crippen LogP contribution in [0, 0.1) is 11.7 Å². The molecule has 0 saturated heterocycles. The normalized spacial score (nSPS) is 16.6. The number of benzene rings is 1. The third-order valence-corrected chi connectivity index (χ3v) is 3.17. The van der Waals surface area contributed by atoms with E-state index in [9.17, 15) is 14.3 Å². The van der Waals surface area contributed by atoms with E-state index in [-0.39, 0.29) is 24.0 Å². The molecule has 1 amide bonds. The Morgan fingerprint density at radius 1 is 1.56 bits per heavy atom. The Bertz CT molecular complexity index is 447. The minimum Gasteiger partial charge on any atom is -0.392 e. The largest absolute Gasteiger partial charge is 0.392 e. The summed E-state index contributed by atoms with van der Waals surface area (Å²) < 4.78 is 13.5. The molecule has 0 radical (unpaired) electrons. The molecule has 0 heterocycles. The summed E-state index contributed by atoms with van der Waals surface area (Å²) in [5, 5.41) is 12.6. The summed E-state index contributed by atoms with van der Waals surface area (Å²) in [5.41, 5.74) is 5.81. The first kappa shape index (κ1) is 13.0. The summed E-state index contributed by atoms with van der Waals surface area (Å²) in [5.74, 6) is -0.568. The van der Waals surface area contributed by atoms with Crippen molar-refractivity contribution in [3.05, 3.63) is 35.1 Å². The van der Waals surface area contributed by atoms with Crippen LogP contribution in [0.4, 0.5) is 4.39 Å². The molecule has 1 saturated carbocycles. The van der Waals surface area contributed by atoms with Crippen LogP contribution in [0.3, 0.4) is 0 Å². The summed E-state index contributed by atoms with van der Waals surface area (Å²) in [6.45, 7) is 0.710. The lowest BCUT2D eigenvalue weighted by Gasteiger charge is -2.11. The molecule has 1 atom stereocenters. The molecule has 18 heavy (non-hydrogen) atoms. The fourth-order valence-electron chi connectivity index (χ4n) is 1.87. The maximum atomic E-state index is 13.5. The van der Waals surface area contributed by atoms with E-state index in [2.05, 4.69) is 5.32 Å². The van der Waals surface area contributed by atoms with Crippen molar-refractivity contribution in [1.29, 1.82) is 0 Å². The van der Waals surface area contributed by atoms with Crippen molar-refractivity contribution in [2.75, 3.05) is 6.54 Å². The first-order valence-electron chi connectivity index (χ1n) is 6.05. The summed E-state index contributed by atoms with van der Waals surface area (Å²) in [6, 6.07) is 4.03. The molecule has 1 aliphatic rings. The van der Waals surface area contributed by atoms with Crippen LogP contribution in [0.5, 0.6) is 0 Å². The third kappa shape index (κ3) is 3.27. The van der Waals surface area contributed by atoms with E-state index < -0.39 is 5.91 Å². The van der Waals surface area contributed by atoms with Crippen LogP contribution in [0.1, 0.15) is 28.8 Å². The summed E-state index contributed by atoms with van der Waals surface area (Å²) >= 11 is 0. The van der Waals surface area contributed by atoms with Crippen molar-refractivity contribution in [3.8, 4) is 0 Å². The van der Waals surface area contributed by atoms with Gasteiger partial charge in [-0.15, -0.1) is 0 Å². The van der Waals surface area contributed by atoms with Crippen LogP contribution in [0.2, 0.25) is 0 Å². The van der Waals surface area contributed by atoms with Gasteiger partial charge in [0.1, 0.15) is 5.82 Å². The molecule has 1 unspecified atom stereocenters. The Hall–Kier alpha value is -1.46. The second kappa shape index (κ2) is 5.46. The predicted octanol–water partition coefficient (Wildman–Crippen LogP) is 0.785. The second-order valence-electron chi connectivity index (χ2n) is 4.71. The average Bonchev–Trinajstić information content (AvgIpc) is 3.15. The minimum absolute atomic E-state index is 0.275. The number of aliphatic hydroxyl groups excluding tert-OH is 1. The number of amides is 1. The van der Waals surface area contributed by atoms with E-state index in [1.165, 1.54) is 18.2 Å². The molecule has 1 aromatic rings. The maximum absolute atomic E-state index is 13.5. The van der Waals surface area contributed by atoms with Crippen LogP contribution in [0.15, 0.2) is 18.2 Å². The fourth-order valence-corrected chi connectivity index (χ4v) is 1.87. The van der Waals surface area contributed by atoms with Gasteiger partial charge in [0.05, 0.1) is 6.10 Å². The van der Waals surface area contributed by atoms with E-state index in [1.54, 1.807) is 0 Å². The zero-order valence-electron chi connectivity index (χ0n) is 10.0. The Morgan fingerprint density at radius 2 is 2.28 bits per heavy atom. The molecule has 1 fully saturated rings. The number of rotatable bonds is 6. The number of hydrogen-bond acceptors (Lipinski definition) is 3. The molecule has 0 spiro atoms. The molecule has 98 valence electrons. The van der Waals surface area contributed by atoms with Gasteiger partial charge >= 0.3 is 0 Å². The zero-order valence-corrected chi connectivity index (χ0v) is 10.0. The molecule has 1 aliphatic carbocycles. The van der Waals surface area contributed by atoms with Gasteiger partial charge in [-0.05, 0) is 37.0 Å². The Balaban J connectivity index is 1.91. The number of aliphatic hydroxyl groups is 1. The van der Waals surface area contributed by atoms with Crippen LogP contribution in [-0.4, -0.2) is 23.7 Å². The zero-order chi connectivity index (χ0) is 13.1. The van der Waals surface area contributed by atoms with Crippen molar-refractivity contribution < 1.29 is 14.3 Å². The van der Waals surface area contributed by atoms with Crippen LogP contribution in [-0.2, 0) is 6.54 Å². The number of nitrogens with one attached hydrogen (secondary N) is 1. The number of halogens is 1. The van der Waals surface area contributed by atoms with Gasteiger partial charge in [0, 0.05) is 24.2 Å². The maximum Gasteiger partial charge on any atom is 0.248 e. The monoisotopic (exact) mass is 252 g/mol. The van der Waals surface area contributed by atoms with Gasteiger partial charge in [0.15, 0.2) is 0 Å². The number of nitrogens with two attached hydrogens (primary N) is 1. The summed E-state index contributed by atoms with van der Waals surface area (Å²) in [7, 11) is 0. The average molecular weight is 252 g/mol. The molecule has 1 aromatic carbocycles. The van der Waals surface area contributed by atoms with Crippen molar-refractivity contribution in [2.24, 2.45) is 11.7 Å². The van der Waals surface area contributed by atoms with Crippen molar-refractivity contribution in [2.45, 2.75) is 25.5 Å². The second-order valence-corrected chi connectivity index (χ2v) is 4.71. The van der Waals surface area contributed by atoms with E-state index in [0.717, 1.165) is 12.8 Å². The smallest absolute Gasteiger partial charge is 0.248 e. The lowest BCUT2D eigenvalue weighted by Crippen LogP contribution is -2.28. The number of primary amides is 1. The predicted molar refractivity (Wildman–Crippen MR) is 65.4 cm³/mol. The van der Waals surface area contributed by atoms with E-state index >= 15 is 0 Å². The van der Waals surface area contributed by atoms with Gasteiger partial charge in [-0.1, -0.05) is 0 Å².